The zero-order valence-corrected chi connectivity index (χ0v) is 12.9. The molecule has 2 rings (SSSR count). The lowest BCUT2D eigenvalue weighted by Gasteiger charge is -2.24. The molecule has 0 aliphatic carbocycles. The van der Waals surface area contributed by atoms with Gasteiger partial charge in [-0.15, -0.1) is 0 Å². The molecule has 114 valence electrons. The molecule has 1 aromatic rings. The lowest BCUT2D eigenvalue weighted by atomic mass is 10.1. The van der Waals surface area contributed by atoms with Crippen molar-refractivity contribution >= 4 is 5.97 Å². The number of aryl methyl sites for hydroxylation is 1. The zero-order chi connectivity index (χ0) is 15.2. The predicted octanol–water partition coefficient (Wildman–Crippen LogP) is 1.49. The molecule has 1 fully saturated rings. The van der Waals surface area contributed by atoms with E-state index in [1.54, 1.807) is 6.92 Å². The zero-order valence-electron chi connectivity index (χ0n) is 12.9. The van der Waals surface area contributed by atoms with E-state index < -0.39 is 0 Å². The highest BCUT2D eigenvalue weighted by Crippen LogP contribution is 2.17. The molecule has 1 saturated heterocycles. The summed E-state index contributed by atoms with van der Waals surface area (Å²) < 4.78 is 10.3. The van der Waals surface area contributed by atoms with Crippen molar-refractivity contribution in [3.63, 3.8) is 0 Å². The topological polar surface area (TPSA) is 54.6 Å². The van der Waals surface area contributed by atoms with Gasteiger partial charge in [-0.05, 0) is 26.3 Å². The Bertz CT molecular complexity index is 560. The maximum Gasteiger partial charge on any atom is 0.355 e. The monoisotopic (exact) mass is 290 g/mol. The molecule has 0 spiro atoms. The Morgan fingerprint density at radius 1 is 1.38 bits per heavy atom. The Morgan fingerprint density at radius 3 is 2.76 bits per heavy atom. The Balaban J connectivity index is 2.08. The number of morpholine rings is 1. The van der Waals surface area contributed by atoms with Crippen LogP contribution in [0.5, 0.6) is 0 Å². The molecule has 1 aliphatic heterocycles. The highest BCUT2D eigenvalue weighted by molar-refractivity contribution is 5.90. The summed E-state index contributed by atoms with van der Waals surface area (Å²) in [6, 6.07) is 0. The fourth-order valence-electron chi connectivity index (χ4n) is 2.34. The molecule has 5 heteroatoms. The van der Waals surface area contributed by atoms with Crippen LogP contribution in [0, 0.1) is 25.7 Å². The summed E-state index contributed by atoms with van der Waals surface area (Å²) in [7, 11) is 0. The second kappa shape index (κ2) is 7.30. The minimum Gasteiger partial charge on any atom is -0.461 e. The molecule has 2 heterocycles. The van der Waals surface area contributed by atoms with Gasteiger partial charge in [0.15, 0.2) is 0 Å². The van der Waals surface area contributed by atoms with Crippen molar-refractivity contribution < 1.29 is 14.3 Å². The number of rotatable bonds is 3. The molecule has 0 unspecified atom stereocenters. The molecule has 0 atom stereocenters. The van der Waals surface area contributed by atoms with E-state index in [1.807, 2.05) is 13.8 Å². The first kappa shape index (κ1) is 15.6. The van der Waals surface area contributed by atoms with Crippen molar-refractivity contribution in [2.45, 2.75) is 20.8 Å². The lowest BCUT2D eigenvalue weighted by Crippen LogP contribution is -2.36. The molecule has 5 nitrogen and oxygen atoms in total. The van der Waals surface area contributed by atoms with Crippen molar-refractivity contribution in [2.75, 3.05) is 39.5 Å². The van der Waals surface area contributed by atoms with Gasteiger partial charge < -0.3 is 14.5 Å². The van der Waals surface area contributed by atoms with Crippen molar-refractivity contribution in [3.8, 4) is 11.8 Å². The number of nitrogens with zero attached hydrogens (tertiary/aromatic N) is 1. The van der Waals surface area contributed by atoms with Crippen LogP contribution < -0.4 is 0 Å². The van der Waals surface area contributed by atoms with E-state index >= 15 is 0 Å². The van der Waals surface area contributed by atoms with Crippen LogP contribution >= 0.6 is 0 Å². The van der Waals surface area contributed by atoms with Gasteiger partial charge in [-0.1, -0.05) is 11.8 Å². The molecule has 0 aromatic carbocycles. The lowest BCUT2D eigenvalue weighted by molar-refractivity contribution is 0.0443. The van der Waals surface area contributed by atoms with E-state index in [9.17, 15) is 4.79 Å². The number of hydrogen-bond donors (Lipinski definition) is 1. The summed E-state index contributed by atoms with van der Waals surface area (Å²) in [5.41, 5.74) is 3.17. The van der Waals surface area contributed by atoms with Gasteiger partial charge in [0.2, 0.25) is 0 Å². The van der Waals surface area contributed by atoms with Crippen molar-refractivity contribution in [2.24, 2.45) is 0 Å². The molecule has 1 aromatic heterocycles. The molecule has 1 aliphatic rings. The number of aromatic amines is 1. The van der Waals surface area contributed by atoms with Gasteiger partial charge >= 0.3 is 5.97 Å². The van der Waals surface area contributed by atoms with Gasteiger partial charge in [0, 0.05) is 24.3 Å². The Kier molecular flexibility index (Phi) is 5.43. The summed E-state index contributed by atoms with van der Waals surface area (Å²) >= 11 is 0. The number of carbonyl (C=O) groups is 1. The van der Waals surface area contributed by atoms with Crippen LogP contribution in [0.2, 0.25) is 0 Å². The summed E-state index contributed by atoms with van der Waals surface area (Å²) in [5, 5.41) is 0. The average molecular weight is 290 g/mol. The number of hydrogen-bond acceptors (Lipinski definition) is 4. The smallest absolute Gasteiger partial charge is 0.355 e. The molecule has 1 N–H and O–H groups in total. The first-order valence-corrected chi connectivity index (χ1v) is 7.28. The fraction of sp³-hybridized carbons (Fsp3) is 0.562. The van der Waals surface area contributed by atoms with Crippen molar-refractivity contribution in [1.29, 1.82) is 0 Å². The van der Waals surface area contributed by atoms with Gasteiger partial charge in [-0.25, -0.2) is 4.79 Å². The number of carbonyl (C=O) groups excluding carboxylic acids is 1. The largest absolute Gasteiger partial charge is 0.461 e. The van der Waals surface area contributed by atoms with Gasteiger partial charge in [0.05, 0.1) is 26.4 Å². The Morgan fingerprint density at radius 2 is 2.10 bits per heavy atom. The number of aromatic nitrogens is 1. The average Bonchev–Trinajstić information content (AvgIpc) is 2.76. The van der Waals surface area contributed by atoms with E-state index in [0.29, 0.717) is 12.3 Å². The van der Waals surface area contributed by atoms with E-state index in [4.69, 9.17) is 9.47 Å². The summed E-state index contributed by atoms with van der Waals surface area (Å²) in [4.78, 5) is 17.2. The minimum absolute atomic E-state index is 0.320. The minimum atomic E-state index is -0.320. The van der Waals surface area contributed by atoms with Crippen molar-refractivity contribution in [1.82, 2.24) is 9.88 Å². The third kappa shape index (κ3) is 3.87. The van der Waals surface area contributed by atoms with Crippen LogP contribution in [-0.2, 0) is 9.47 Å². The summed E-state index contributed by atoms with van der Waals surface area (Å²) in [6.07, 6.45) is 0. The number of nitrogens with one attached hydrogen (secondary N) is 1. The van der Waals surface area contributed by atoms with Gasteiger partial charge in [0.25, 0.3) is 0 Å². The van der Waals surface area contributed by atoms with E-state index in [-0.39, 0.29) is 5.97 Å². The van der Waals surface area contributed by atoms with Crippen LogP contribution in [0.25, 0.3) is 0 Å². The van der Waals surface area contributed by atoms with Crippen LogP contribution in [0.3, 0.4) is 0 Å². The molecule has 21 heavy (non-hydrogen) atoms. The van der Waals surface area contributed by atoms with Crippen LogP contribution in [0.15, 0.2) is 0 Å². The Labute approximate surface area is 125 Å². The number of esters is 1. The summed E-state index contributed by atoms with van der Waals surface area (Å²) in [6.45, 7) is 10.1. The van der Waals surface area contributed by atoms with E-state index in [1.165, 1.54) is 0 Å². The quantitative estimate of drug-likeness (QED) is 0.677. The van der Waals surface area contributed by atoms with Gasteiger partial charge in [-0.2, -0.15) is 0 Å². The molecule has 0 amide bonds. The highest BCUT2D eigenvalue weighted by atomic mass is 16.5. The highest BCUT2D eigenvalue weighted by Gasteiger charge is 2.17. The first-order valence-electron chi connectivity index (χ1n) is 7.28. The SMILES string of the molecule is CCOC(=O)c1[nH]c(C)c(C#CCN2CCOCC2)c1C. The summed E-state index contributed by atoms with van der Waals surface area (Å²) in [5.74, 6) is 6.04. The third-order valence-corrected chi connectivity index (χ3v) is 3.54. The Hall–Kier alpha value is -1.77. The normalized spacial score (nSPS) is 15.4. The van der Waals surface area contributed by atoms with Crippen LogP contribution in [0.1, 0.15) is 34.2 Å². The van der Waals surface area contributed by atoms with Crippen LogP contribution in [0.4, 0.5) is 0 Å². The number of ether oxygens (including phenoxy) is 2. The fourth-order valence-corrected chi connectivity index (χ4v) is 2.34. The maximum atomic E-state index is 11.8. The predicted molar refractivity (Wildman–Crippen MR) is 80.4 cm³/mol. The molecule has 0 saturated carbocycles. The third-order valence-electron chi connectivity index (χ3n) is 3.54. The number of H-pyrrole nitrogens is 1. The maximum absolute atomic E-state index is 11.8. The van der Waals surface area contributed by atoms with E-state index in [2.05, 4.69) is 21.7 Å². The molecule has 0 radical (unpaired) electrons. The second-order valence-electron chi connectivity index (χ2n) is 5.04. The van der Waals surface area contributed by atoms with Crippen molar-refractivity contribution in [3.05, 3.63) is 22.5 Å². The first-order chi connectivity index (χ1) is 10.1. The second-order valence-corrected chi connectivity index (χ2v) is 5.04. The standard InChI is InChI=1S/C16H22N2O3/c1-4-21-16(19)15-12(2)14(13(3)17-15)6-5-7-18-8-10-20-11-9-18/h17H,4,7-11H2,1-3H3. The van der Waals surface area contributed by atoms with Crippen LogP contribution in [-0.4, -0.2) is 55.3 Å². The molecular formula is C16H22N2O3. The molecular weight excluding hydrogens is 268 g/mol. The van der Waals surface area contributed by atoms with Gasteiger partial charge in [-0.3, -0.25) is 4.90 Å². The van der Waals surface area contributed by atoms with Gasteiger partial charge in [0.1, 0.15) is 5.69 Å². The molecule has 0 bridgehead atoms. The van der Waals surface area contributed by atoms with E-state index in [0.717, 1.165) is 49.7 Å².